The van der Waals surface area contributed by atoms with Gasteiger partial charge in [0.05, 0.1) is 6.04 Å². The number of thiazole rings is 1. The standard InChI is InChI=1S/C13H21N3S/c1-9-7-14-13(17-9)10(2)15-12-4-6-16-5-3-11(12)8-16/h7,10-12,15H,3-6,8H2,1-2H3. The third-order valence-corrected chi connectivity index (χ3v) is 5.20. The second kappa shape index (κ2) is 4.67. The largest absolute Gasteiger partial charge is 0.305 e. The van der Waals surface area contributed by atoms with Crippen LogP contribution >= 0.6 is 11.3 Å². The Labute approximate surface area is 107 Å². The Hall–Kier alpha value is -0.450. The minimum Gasteiger partial charge on any atom is -0.305 e. The molecule has 0 aromatic carbocycles. The van der Waals surface area contributed by atoms with Gasteiger partial charge < -0.3 is 10.2 Å². The molecular weight excluding hydrogens is 230 g/mol. The van der Waals surface area contributed by atoms with Gasteiger partial charge in [-0.3, -0.25) is 0 Å². The van der Waals surface area contributed by atoms with Crippen LogP contribution in [0.1, 0.15) is 35.7 Å². The highest BCUT2D eigenvalue weighted by Crippen LogP contribution is 2.29. The van der Waals surface area contributed by atoms with Crippen molar-refractivity contribution in [3.63, 3.8) is 0 Å². The molecule has 1 aromatic heterocycles. The third-order valence-electron chi connectivity index (χ3n) is 4.11. The first-order chi connectivity index (χ1) is 8.22. The van der Waals surface area contributed by atoms with Crippen LogP contribution < -0.4 is 5.32 Å². The number of hydrogen-bond donors (Lipinski definition) is 1. The predicted molar refractivity (Wildman–Crippen MR) is 71.4 cm³/mol. The van der Waals surface area contributed by atoms with Crippen molar-refractivity contribution in [3.8, 4) is 0 Å². The van der Waals surface area contributed by atoms with Gasteiger partial charge in [0.25, 0.3) is 0 Å². The van der Waals surface area contributed by atoms with Crippen LogP contribution in [-0.2, 0) is 0 Å². The lowest BCUT2D eigenvalue weighted by Gasteiger charge is -2.32. The molecule has 3 rings (SSSR count). The fourth-order valence-electron chi connectivity index (χ4n) is 3.14. The quantitative estimate of drug-likeness (QED) is 0.892. The predicted octanol–water partition coefficient (Wildman–Crippen LogP) is 2.20. The molecule has 3 nitrogen and oxygen atoms in total. The van der Waals surface area contributed by atoms with E-state index in [4.69, 9.17) is 0 Å². The molecule has 2 saturated heterocycles. The summed E-state index contributed by atoms with van der Waals surface area (Å²) in [5, 5.41) is 5.04. The lowest BCUT2D eigenvalue weighted by Crippen LogP contribution is -2.44. The zero-order valence-electron chi connectivity index (χ0n) is 10.6. The monoisotopic (exact) mass is 251 g/mol. The molecule has 3 heterocycles. The van der Waals surface area contributed by atoms with Crippen LogP contribution in [0.2, 0.25) is 0 Å². The van der Waals surface area contributed by atoms with Crippen molar-refractivity contribution < 1.29 is 0 Å². The van der Waals surface area contributed by atoms with Crippen LogP contribution in [0, 0.1) is 12.8 Å². The van der Waals surface area contributed by atoms with Crippen molar-refractivity contribution in [1.29, 1.82) is 0 Å². The zero-order chi connectivity index (χ0) is 11.8. The smallest absolute Gasteiger partial charge is 0.109 e. The maximum absolute atomic E-state index is 4.49. The summed E-state index contributed by atoms with van der Waals surface area (Å²) in [6.45, 7) is 8.27. The van der Waals surface area contributed by atoms with E-state index < -0.39 is 0 Å². The van der Waals surface area contributed by atoms with E-state index in [2.05, 4.69) is 29.0 Å². The molecule has 4 heteroatoms. The van der Waals surface area contributed by atoms with E-state index in [-0.39, 0.29) is 0 Å². The number of hydrogen-bond acceptors (Lipinski definition) is 4. The molecule has 2 aliphatic rings. The Morgan fingerprint density at radius 1 is 1.47 bits per heavy atom. The number of aryl methyl sites for hydroxylation is 1. The molecule has 17 heavy (non-hydrogen) atoms. The van der Waals surface area contributed by atoms with Gasteiger partial charge in [0, 0.05) is 23.7 Å². The van der Waals surface area contributed by atoms with Gasteiger partial charge in [-0.2, -0.15) is 0 Å². The molecule has 1 aromatic rings. The zero-order valence-corrected chi connectivity index (χ0v) is 11.5. The molecule has 2 aliphatic heterocycles. The molecule has 0 aliphatic carbocycles. The van der Waals surface area contributed by atoms with Crippen molar-refractivity contribution in [1.82, 2.24) is 15.2 Å². The number of nitrogens with zero attached hydrogens (tertiary/aromatic N) is 2. The average molecular weight is 251 g/mol. The summed E-state index contributed by atoms with van der Waals surface area (Å²) < 4.78 is 0. The summed E-state index contributed by atoms with van der Waals surface area (Å²) in [5.41, 5.74) is 0. The van der Waals surface area contributed by atoms with E-state index in [0.717, 1.165) is 5.92 Å². The Morgan fingerprint density at radius 3 is 3.06 bits per heavy atom. The average Bonchev–Trinajstić information content (AvgIpc) is 2.90. The van der Waals surface area contributed by atoms with E-state index in [9.17, 15) is 0 Å². The van der Waals surface area contributed by atoms with Crippen LogP contribution in [0.25, 0.3) is 0 Å². The van der Waals surface area contributed by atoms with Crippen molar-refractivity contribution in [3.05, 3.63) is 16.1 Å². The van der Waals surface area contributed by atoms with E-state index in [1.807, 2.05) is 17.5 Å². The Morgan fingerprint density at radius 2 is 2.29 bits per heavy atom. The molecular formula is C13H21N3S. The molecule has 0 spiro atoms. The fraction of sp³-hybridized carbons (Fsp3) is 0.769. The minimum atomic E-state index is 0.408. The van der Waals surface area contributed by atoms with Crippen LogP contribution in [-0.4, -0.2) is 35.6 Å². The summed E-state index contributed by atoms with van der Waals surface area (Å²) in [5.74, 6) is 0.868. The van der Waals surface area contributed by atoms with Crippen molar-refractivity contribution in [2.45, 2.75) is 38.8 Å². The molecule has 2 fully saturated rings. The summed E-state index contributed by atoms with van der Waals surface area (Å²) in [7, 11) is 0. The van der Waals surface area contributed by atoms with Gasteiger partial charge >= 0.3 is 0 Å². The van der Waals surface area contributed by atoms with Gasteiger partial charge in [0.1, 0.15) is 5.01 Å². The van der Waals surface area contributed by atoms with Crippen molar-refractivity contribution in [2.24, 2.45) is 5.92 Å². The number of piperidine rings is 1. The number of nitrogens with one attached hydrogen (secondary N) is 1. The fourth-order valence-corrected chi connectivity index (χ4v) is 3.92. The SMILES string of the molecule is Cc1cnc(C(C)NC2CCN3CCC2C3)s1. The molecule has 2 bridgehead atoms. The number of aromatic nitrogens is 1. The first-order valence-corrected chi connectivity index (χ1v) is 7.45. The van der Waals surface area contributed by atoms with Crippen LogP contribution in [0.15, 0.2) is 6.20 Å². The molecule has 0 radical (unpaired) electrons. The van der Waals surface area contributed by atoms with Gasteiger partial charge in [-0.15, -0.1) is 11.3 Å². The Kier molecular flexibility index (Phi) is 3.19. The molecule has 1 N–H and O–H groups in total. The normalized spacial score (nSPS) is 33.9. The third kappa shape index (κ3) is 2.39. The Balaban J connectivity index is 1.62. The highest BCUT2D eigenvalue weighted by molar-refractivity contribution is 7.11. The molecule has 4 unspecified atom stereocenters. The summed E-state index contributed by atoms with van der Waals surface area (Å²) in [6, 6.07) is 1.11. The Bertz CT molecular complexity index is 390. The van der Waals surface area contributed by atoms with Gasteiger partial charge in [-0.25, -0.2) is 4.98 Å². The van der Waals surface area contributed by atoms with E-state index in [0.29, 0.717) is 12.1 Å². The second-order valence-electron chi connectivity index (χ2n) is 5.44. The minimum absolute atomic E-state index is 0.408. The number of rotatable bonds is 3. The van der Waals surface area contributed by atoms with Crippen molar-refractivity contribution >= 4 is 11.3 Å². The topological polar surface area (TPSA) is 28.2 Å². The summed E-state index contributed by atoms with van der Waals surface area (Å²) in [6.07, 6.45) is 4.66. The van der Waals surface area contributed by atoms with Gasteiger partial charge in [0.15, 0.2) is 0 Å². The van der Waals surface area contributed by atoms with E-state index in [1.165, 1.54) is 42.4 Å². The van der Waals surface area contributed by atoms with Crippen molar-refractivity contribution in [2.75, 3.05) is 19.6 Å². The van der Waals surface area contributed by atoms with Gasteiger partial charge in [-0.05, 0) is 45.7 Å². The van der Waals surface area contributed by atoms with E-state index in [1.54, 1.807) is 0 Å². The second-order valence-corrected chi connectivity index (χ2v) is 6.71. The van der Waals surface area contributed by atoms with Gasteiger partial charge in [0.2, 0.25) is 0 Å². The lowest BCUT2D eigenvalue weighted by atomic mass is 9.93. The van der Waals surface area contributed by atoms with Crippen LogP contribution in [0.5, 0.6) is 0 Å². The van der Waals surface area contributed by atoms with Gasteiger partial charge in [-0.1, -0.05) is 0 Å². The first kappa shape index (κ1) is 11.6. The maximum Gasteiger partial charge on any atom is 0.109 e. The lowest BCUT2D eigenvalue weighted by molar-refractivity contribution is 0.212. The molecule has 0 saturated carbocycles. The van der Waals surface area contributed by atoms with Crippen LogP contribution in [0.3, 0.4) is 0 Å². The van der Waals surface area contributed by atoms with E-state index >= 15 is 0 Å². The first-order valence-electron chi connectivity index (χ1n) is 6.63. The number of fused-ring (bicyclic) bond motifs is 2. The summed E-state index contributed by atoms with van der Waals surface area (Å²) >= 11 is 1.82. The maximum atomic E-state index is 4.49. The highest BCUT2D eigenvalue weighted by atomic mass is 32.1. The molecule has 0 amide bonds. The highest BCUT2D eigenvalue weighted by Gasteiger charge is 2.34. The van der Waals surface area contributed by atoms with Crippen LogP contribution in [0.4, 0.5) is 0 Å². The summed E-state index contributed by atoms with van der Waals surface area (Å²) in [4.78, 5) is 8.40. The molecule has 4 atom stereocenters. The molecule has 94 valence electrons.